The Morgan fingerprint density at radius 1 is 1.28 bits per heavy atom. The van der Waals surface area contributed by atoms with Gasteiger partial charge in [-0.3, -0.25) is 9.69 Å². The van der Waals surface area contributed by atoms with Crippen molar-refractivity contribution in [1.82, 2.24) is 4.90 Å². The van der Waals surface area contributed by atoms with E-state index in [0.29, 0.717) is 11.8 Å². The number of nitrogens with zero attached hydrogens (tertiary/aromatic N) is 2. The van der Waals surface area contributed by atoms with Crippen molar-refractivity contribution in [3.63, 3.8) is 0 Å². The van der Waals surface area contributed by atoms with E-state index in [-0.39, 0.29) is 11.4 Å². The summed E-state index contributed by atoms with van der Waals surface area (Å²) in [6.07, 6.45) is 0.688. The number of anilines is 1. The van der Waals surface area contributed by atoms with Gasteiger partial charge in [0.25, 0.3) is 0 Å². The van der Waals surface area contributed by atoms with Crippen LogP contribution in [0.15, 0.2) is 18.2 Å². The molecule has 0 N–H and O–H groups in total. The van der Waals surface area contributed by atoms with Gasteiger partial charge in [-0.1, -0.05) is 0 Å². The normalized spacial score (nSPS) is 19.9. The lowest BCUT2D eigenvalue weighted by molar-refractivity contribution is 0.112. The smallest absolute Gasteiger partial charge is 0.150 e. The molecule has 1 aromatic rings. The number of benzene rings is 1. The molecule has 0 saturated carbocycles. The van der Waals surface area contributed by atoms with Gasteiger partial charge in [0.15, 0.2) is 0 Å². The second-order valence-electron chi connectivity index (χ2n) is 5.52. The zero-order chi connectivity index (χ0) is 13.3. The number of halogens is 1. The Morgan fingerprint density at radius 2 is 2.00 bits per heavy atom. The number of hydrogen-bond acceptors (Lipinski definition) is 3. The van der Waals surface area contributed by atoms with Crippen molar-refractivity contribution >= 4 is 12.0 Å². The Hall–Kier alpha value is -1.42. The van der Waals surface area contributed by atoms with Gasteiger partial charge in [-0.15, -0.1) is 0 Å². The lowest BCUT2D eigenvalue weighted by atomic mass is 9.99. The summed E-state index contributed by atoms with van der Waals surface area (Å²) in [5.41, 5.74) is 1.23. The molecule has 1 heterocycles. The van der Waals surface area contributed by atoms with E-state index in [0.717, 1.165) is 25.3 Å². The summed E-state index contributed by atoms with van der Waals surface area (Å²) in [6, 6.07) is 4.50. The molecule has 0 spiro atoms. The molecule has 4 heteroatoms. The van der Waals surface area contributed by atoms with Gasteiger partial charge in [-0.25, -0.2) is 4.39 Å². The van der Waals surface area contributed by atoms with Crippen LogP contribution in [0.1, 0.15) is 24.2 Å². The first-order chi connectivity index (χ1) is 8.42. The minimum atomic E-state index is -0.355. The van der Waals surface area contributed by atoms with Gasteiger partial charge in [-0.05, 0) is 39.1 Å². The molecule has 0 atom stereocenters. The number of aldehydes is 1. The summed E-state index contributed by atoms with van der Waals surface area (Å²) >= 11 is 0. The van der Waals surface area contributed by atoms with Crippen molar-refractivity contribution in [2.24, 2.45) is 0 Å². The molecule has 2 rings (SSSR count). The van der Waals surface area contributed by atoms with E-state index in [2.05, 4.69) is 30.7 Å². The maximum Gasteiger partial charge on any atom is 0.150 e. The lowest BCUT2D eigenvalue weighted by Crippen LogP contribution is -2.57. The summed E-state index contributed by atoms with van der Waals surface area (Å²) < 4.78 is 13.4. The van der Waals surface area contributed by atoms with Gasteiger partial charge in [0, 0.05) is 36.4 Å². The van der Waals surface area contributed by atoms with Crippen molar-refractivity contribution in [2.45, 2.75) is 19.4 Å². The van der Waals surface area contributed by atoms with Crippen LogP contribution < -0.4 is 4.90 Å². The number of carbonyl (C=O) groups excluding carboxylic acids is 1. The third-order valence-electron chi connectivity index (χ3n) is 3.72. The SMILES string of the molecule is CN1CCN(c2cc(F)cc(C=O)c2)CC1(C)C. The van der Waals surface area contributed by atoms with Gasteiger partial charge in [0.05, 0.1) is 0 Å². The quantitative estimate of drug-likeness (QED) is 0.752. The second kappa shape index (κ2) is 4.69. The van der Waals surface area contributed by atoms with Crippen LogP contribution in [0.2, 0.25) is 0 Å². The van der Waals surface area contributed by atoms with E-state index in [1.54, 1.807) is 6.07 Å². The van der Waals surface area contributed by atoms with Crippen LogP contribution in [-0.4, -0.2) is 43.4 Å². The molecule has 1 saturated heterocycles. The van der Waals surface area contributed by atoms with Gasteiger partial charge in [-0.2, -0.15) is 0 Å². The van der Waals surface area contributed by atoms with Crippen LogP contribution in [0.5, 0.6) is 0 Å². The summed E-state index contributed by atoms with van der Waals surface area (Å²) in [4.78, 5) is 15.2. The highest BCUT2D eigenvalue weighted by Crippen LogP contribution is 2.25. The molecular formula is C14H19FN2O. The van der Waals surface area contributed by atoms with Crippen LogP contribution in [0.25, 0.3) is 0 Å². The molecule has 1 aliphatic heterocycles. The number of carbonyl (C=O) groups is 1. The van der Waals surface area contributed by atoms with Crippen molar-refractivity contribution in [3.8, 4) is 0 Å². The van der Waals surface area contributed by atoms with Gasteiger partial charge >= 0.3 is 0 Å². The highest BCUT2D eigenvalue weighted by molar-refractivity contribution is 5.77. The highest BCUT2D eigenvalue weighted by Gasteiger charge is 2.31. The fraction of sp³-hybridized carbons (Fsp3) is 0.500. The minimum Gasteiger partial charge on any atom is -0.368 e. The van der Waals surface area contributed by atoms with Crippen molar-refractivity contribution < 1.29 is 9.18 Å². The second-order valence-corrected chi connectivity index (χ2v) is 5.52. The molecule has 0 aliphatic carbocycles. The Labute approximate surface area is 107 Å². The zero-order valence-electron chi connectivity index (χ0n) is 11.1. The maximum absolute atomic E-state index is 13.4. The molecule has 0 unspecified atom stereocenters. The molecular weight excluding hydrogens is 231 g/mol. The van der Waals surface area contributed by atoms with Crippen LogP contribution in [-0.2, 0) is 0 Å². The van der Waals surface area contributed by atoms with Crippen LogP contribution in [0.3, 0.4) is 0 Å². The molecule has 0 bridgehead atoms. The standard InChI is InChI=1S/C14H19FN2O/c1-14(2)10-17(5-4-16(14)3)13-7-11(9-18)6-12(15)8-13/h6-9H,4-5,10H2,1-3H3. The maximum atomic E-state index is 13.4. The van der Waals surface area contributed by atoms with Crippen LogP contribution in [0.4, 0.5) is 10.1 Å². The van der Waals surface area contributed by atoms with E-state index in [1.165, 1.54) is 12.1 Å². The fourth-order valence-corrected chi connectivity index (χ4v) is 2.31. The van der Waals surface area contributed by atoms with Crippen molar-refractivity contribution in [2.75, 3.05) is 31.6 Å². The monoisotopic (exact) mass is 250 g/mol. The predicted molar refractivity (Wildman–Crippen MR) is 70.7 cm³/mol. The summed E-state index contributed by atoms with van der Waals surface area (Å²) in [7, 11) is 2.10. The largest absolute Gasteiger partial charge is 0.368 e. The van der Waals surface area contributed by atoms with E-state index in [9.17, 15) is 9.18 Å². The minimum absolute atomic E-state index is 0.0475. The third kappa shape index (κ3) is 2.53. The fourth-order valence-electron chi connectivity index (χ4n) is 2.31. The number of likely N-dealkylation sites (N-methyl/N-ethyl adjacent to an activating group) is 1. The summed E-state index contributed by atoms with van der Waals surface area (Å²) in [6.45, 7) is 6.94. The topological polar surface area (TPSA) is 23.6 Å². The zero-order valence-corrected chi connectivity index (χ0v) is 11.1. The average Bonchev–Trinajstić information content (AvgIpc) is 2.31. The van der Waals surface area contributed by atoms with E-state index < -0.39 is 0 Å². The molecule has 1 aliphatic rings. The van der Waals surface area contributed by atoms with Gasteiger partial charge < -0.3 is 4.90 Å². The van der Waals surface area contributed by atoms with E-state index in [1.807, 2.05) is 0 Å². The van der Waals surface area contributed by atoms with Crippen molar-refractivity contribution in [3.05, 3.63) is 29.6 Å². The Balaban J connectivity index is 2.27. The number of rotatable bonds is 2. The van der Waals surface area contributed by atoms with Crippen molar-refractivity contribution in [1.29, 1.82) is 0 Å². The molecule has 1 aromatic carbocycles. The Kier molecular flexibility index (Phi) is 3.39. The number of piperazine rings is 1. The van der Waals surface area contributed by atoms with E-state index in [4.69, 9.17) is 0 Å². The molecule has 0 aromatic heterocycles. The summed E-state index contributed by atoms with van der Waals surface area (Å²) in [5.74, 6) is -0.355. The molecule has 0 amide bonds. The van der Waals surface area contributed by atoms with Gasteiger partial charge in [0.1, 0.15) is 12.1 Å². The van der Waals surface area contributed by atoms with E-state index >= 15 is 0 Å². The number of hydrogen-bond donors (Lipinski definition) is 0. The molecule has 18 heavy (non-hydrogen) atoms. The van der Waals surface area contributed by atoms with Gasteiger partial charge in [0.2, 0.25) is 0 Å². The Bertz CT molecular complexity index is 459. The first-order valence-electron chi connectivity index (χ1n) is 6.14. The predicted octanol–water partition coefficient (Wildman–Crippen LogP) is 2.17. The molecule has 3 nitrogen and oxygen atoms in total. The summed E-state index contributed by atoms with van der Waals surface area (Å²) in [5, 5.41) is 0. The van der Waals surface area contributed by atoms with Crippen LogP contribution in [0, 0.1) is 5.82 Å². The molecule has 0 radical (unpaired) electrons. The highest BCUT2D eigenvalue weighted by atomic mass is 19.1. The first-order valence-corrected chi connectivity index (χ1v) is 6.14. The first kappa shape index (κ1) is 13.0. The van der Waals surface area contributed by atoms with Crippen LogP contribution >= 0.6 is 0 Å². The molecule has 98 valence electrons. The Morgan fingerprint density at radius 3 is 2.61 bits per heavy atom. The third-order valence-corrected chi connectivity index (χ3v) is 3.72. The molecule has 1 fully saturated rings. The lowest BCUT2D eigenvalue weighted by Gasteiger charge is -2.46. The average molecular weight is 250 g/mol.